The fourth-order valence-electron chi connectivity index (χ4n) is 4.64. The van der Waals surface area contributed by atoms with Crippen molar-refractivity contribution in [2.75, 3.05) is 13.1 Å². The van der Waals surface area contributed by atoms with Gasteiger partial charge in [0.1, 0.15) is 47.6 Å². The van der Waals surface area contributed by atoms with Crippen molar-refractivity contribution in [2.24, 2.45) is 5.92 Å². The zero-order chi connectivity index (χ0) is 22.1. The zero-order valence-corrected chi connectivity index (χ0v) is 18.8. The Bertz CT molecular complexity index is 877. The highest BCUT2D eigenvalue weighted by atomic mass is 31.0. The van der Waals surface area contributed by atoms with Gasteiger partial charge in [-0.25, -0.2) is 8.78 Å². The van der Waals surface area contributed by atoms with Gasteiger partial charge in [-0.3, -0.25) is 4.67 Å². The summed E-state index contributed by atoms with van der Waals surface area (Å²) in [6.45, 7) is 2.54. The van der Waals surface area contributed by atoms with Gasteiger partial charge < -0.3 is 19.7 Å². The van der Waals surface area contributed by atoms with Gasteiger partial charge in [-0.2, -0.15) is 0 Å². The maximum atomic E-state index is 13.7. The van der Waals surface area contributed by atoms with Crippen molar-refractivity contribution >= 4 is 9.39 Å². The van der Waals surface area contributed by atoms with E-state index in [4.69, 9.17) is 9.47 Å². The number of nitrogens with zero attached hydrogens (tertiary/aromatic N) is 1. The van der Waals surface area contributed by atoms with Gasteiger partial charge in [0.25, 0.3) is 0 Å². The molecule has 0 saturated carbocycles. The van der Waals surface area contributed by atoms with Crippen LogP contribution in [0.15, 0.2) is 41.4 Å². The lowest BCUT2D eigenvalue weighted by Gasteiger charge is -2.36. The van der Waals surface area contributed by atoms with E-state index >= 15 is 0 Å². The molecule has 0 saturated heterocycles. The summed E-state index contributed by atoms with van der Waals surface area (Å²) in [5.41, 5.74) is 1.71. The number of aliphatic hydroxyl groups excluding tert-OH is 2. The highest BCUT2D eigenvalue weighted by Gasteiger charge is 2.34. The van der Waals surface area contributed by atoms with Crippen LogP contribution in [-0.2, 0) is 11.2 Å². The van der Waals surface area contributed by atoms with E-state index < -0.39 is 12.2 Å². The van der Waals surface area contributed by atoms with Crippen LogP contribution in [0.5, 0.6) is 5.75 Å². The summed E-state index contributed by atoms with van der Waals surface area (Å²) in [6, 6.07) is 4.43. The molecule has 5 nitrogen and oxygen atoms in total. The van der Waals surface area contributed by atoms with Gasteiger partial charge in [0.15, 0.2) is 0 Å². The van der Waals surface area contributed by atoms with Gasteiger partial charge >= 0.3 is 0 Å². The van der Waals surface area contributed by atoms with Crippen molar-refractivity contribution < 1.29 is 28.5 Å². The Kier molecular flexibility index (Phi) is 6.97. The molecule has 0 amide bonds. The van der Waals surface area contributed by atoms with Crippen LogP contribution < -0.4 is 4.74 Å². The average molecular weight is 453 g/mol. The highest BCUT2D eigenvalue weighted by molar-refractivity contribution is 7.13. The quantitative estimate of drug-likeness (QED) is 0.644. The third kappa shape index (κ3) is 5.28. The largest absolute Gasteiger partial charge is 0.491 e. The smallest absolute Gasteiger partial charge is 0.126 e. The summed E-state index contributed by atoms with van der Waals surface area (Å²) in [4.78, 5) is 0. The fourth-order valence-corrected chi connectivity index (χ4v) is 5.07. The van der Waals surface area contributed by atoms with Crippen LogP contribution in [0, 0.1) is 11.7 Å². The van der Waals surface area contributed by atoms with Gasteiger partial charge in [0.2, 0.25) is 0 Å². The number of aryl methyl sites for hydroxylation is 1. The van der Waals surface area contributed by atoms with E-state index in [1.807, 2.05) is 6.92 Å². The first-order chi connectivity index (χ1) is 14.8. The van der Waals surface area contributed by atoms with Gasteiger partial charge in [-0.05, 0) is 61.1 Å². The Morgan fingerprint density at radius 3 is 2.52 bits per heavy atom. The molecule has 0 fully saturated rings. The topological polar surface area (TPSA) is 62.2 Å². The minimum absolute atomic E-state index is 0.0243. The first-order valence-electron chi connectivity index (χ1n) is 10.9. The first-order valence-corrected chi connectivity index (χ1v) is 11.4. The predicted octanol–water partition coefficient (Wildman–Crippen LogP) is 3.66. The molecule has 1 aliphatic carbocycles. The standard InChI is InChI=1S/C23H30F2NO4P/c1-13-8-17(25)10-15-3-6-22(30-23(13)15)19(28)12-26(31)11-18(27)21-5-2-14-9-16(24)4-7-20(14)29-21/h4,7,9-10,13,18-19,21-22,27-28H,2-3,5-6,8,11-12,31H2,1H3/t13?,18-,19-,21+,22-/m1/s1. The fraction of sp³-hybridized carbons (Fsp3) is 0.565. The Morgan fingerprint density at radius 1 is 1.10 bits per heavy atom. The molecule has 2 aliphatic heterocycles. The lowest BCUT2D eigenvalue weighted by Crippen LogP contribution is -2.44. The molecular formula is C23H30F2NO4P. The summed E-state index contributed by atoms with van der Waals surface area (Å²) in [5, 5.41) is 21.4. The molecule has 0 aromatic heterocycles. The maximum Gasteiger partial charge on any atom is 0.126 e. The first kappa shape index (κ1) is 22.7. The van der Waals surface area contributed by atoms with E-state index in [1.165, 1.54) is 12.1 Å². The van der Waals surface area contributed by atoms with Crippen LogP contribution in [0.4, 0.5) is 8.78 Å². The summed E-state index contributed by atoms with van der Waals surface area (Å²) in [6.07, 6.45) is 2.21. The number of halogens is 2. The van der Waals surface area contributed by atoms with Crippen LogP contribution in [0.3, 0.4) is 0 Å². The number of rotatable bonds is 6. The molecule has 0 bridgehead atoms. The second-order valence-electron chi connectivity index (χ2n) is 8.82. The minimum atomic E-state index is -0.754. The molecule has 2 heterocycles. The highest BCUT2D eigenvalue weighted by Crippen LogP contribution is 2.38. The molecule has 6 atom stereocenters. The van der Waals surface area contributed by atoms with Crippen molar-refractivity contribution in [2.45, 2.75) is 63.4 Å². The SMILES string of the molecule is CC1CC(F)=CC2=C1O[C@@H]([C@H](O)CN(P)C[C@@H](O)[C@@H]1CCc3cc(F)ccc3O1)CC2. The Hall–Kier alpha value is -1.53. The second-order valence-corrected chi connectivity index (χ2v) is 9.55. The number of benzene rings is 1. The molecule has 4 rings (SSSR count). The predicted molar refractivity (Wildman–Crippen MR) is 117 cm³/mol. The molecule has 1 aromatic carbocycles. The van der Waals surface area contributed by atoms with E-state index in [0.717, 1.165) is 16.9 Å². The third-order valence-electron chi connectivity index (χ3n) is 6.27. The number of ether oxygens (including phenoxy) is 2. The normalized spacial score (nSPS) is 27.6. The van der Waals surface area contributed by atoms with Crippen LogP contribution >= 0.6 is 9.39 Å². The zero-order valence-electron chi connectivity index (χ0n) is 17.6. The number of hydrogen-bond acceptors (Lipinski definition) is 5. The van der Waals surface area contributed by atoms with Crippen molar-refractivity contribution in [3.8, 4) is 5.75 Å². The van der Waals surface area contributed by atoms with Gasteiger partial charge in [0, 0.05) is 25.4 Å². The van der Waals surface area contributed by atoms with E-state index in [9.17, 15) is 19.0 Å². The second kappa shape index (κ2) is 9.53. The molecule has 2 unspecified atom stereocenters. The lowest BCUT2D eigenvalue weighted by atomic mass is 9.88. The summed E-state index contributed by atoms with van der Waals surface area (Å²) in [7, 11) is 2.54. The van der Waals surface area contributed by atoms with Crippen molar-refractivity contribution in [3.05, 3.63) is 52.8 Å². The third-order valence-corrected chi connectivity index (χ3v) is 6.69. The van der Waals surface area contributed by atoms with Gasteiger partial charge in [-0.1, -0.05) is 16.3 Å². The van der Waals surface area contributed by atoms with Crippen molar-refractivity contribution in [1.29, 1.82) is 0 Å². The molecule has 8 heteroatoms. The van der Waals surface area contributed by atoms with E-state index in [1.54, 1.807) is 16.8 Å². The Balaban J connectivity index is 1.29. The van der Waals surface area contributed by atoms with E-state index in [2.05, 4.69) is 9.39 Å². The van der Waals surface area contributed by atoms with E-state index in [-0.39, 0.29) is 29.8 Å². The van der Waals surface area contributed by atoms with Crippen LogP contribution in [-0.4, -0.2) is 52.4 Å². The molecule has 2 N–H and O–H groups in total. The molecule has 170 valence electrons. The van der Waals surface area contributed by atoms with Crippen LogP contribution in [0.2, 0.25) is 0 Å². The molecule has 31 heavy (non-hydrogen) atoms. The Labute approximate surface area is 184 Å². The van der Waals surface area contributed by atoms with E-state index in [0.29, 0.717) is 50.9 Å². The summed E-state index contributed by atoms with van der Waals surface area (Å²) >= 11 is 0. The molecule has 0 radical (unpaired) electrons. The molecular weight excluding hydrogens is 423 g/mol. The minimum Gasteiger partial charge on any atom is -0.491 e. The number of allylic oxidation sites excluding steroid dienone is 4. The van der Waals surface area contributed by atoms with Gasteiger partial charge in [-0.15, -0.1) is 0 Å². The summed E-state index contributed by atoms with van der Waals surface area (Å²) in [5.74, 6) is 0.972. The number of hydrogen-bond donors (Lipinski definition) is 2. The average Bonchev–Trinajstić information content (AvgIpc) is 2.72. The molecule has 1 aromatic rings. The van der Waals surface area contributed by atoms with Crippen LogP contribution in [0.1, 0.15) is 38.2 Å². The van der Waals surface area contributed by atoms with Crippen molar-refractivity contribution in [3.63, 3.8) is 0 Å². The number of aliphatic hydroxyl groups is 2. The Morgan fingerprint density at radius 2 is 1.77 bits per heavy atom. The molecule has 3 aliphatic rings. The van der Waals surface area contributed by atoms with Gasteiger partial charge in [0.05, 0.1) is 0 Å². The summed E-state index contributed by atoms with van der Waals surface area (Å²) < 4.78 is 40.7. The van der Waals surface area contributed by atoms with Crippen LogP contribution in [0.25, 0.3) is 0 Å². The molecule has 0 spiro atoms. The maximum absolute atomic E-state index is 13.7. The lowest BCUT2D eigenvalue weighted by molar-refractivity contribution is -0.0389. The number of fused-ring (bicyclic) bond motifs is 1. The van der Waals surface area contributed by atoms with Crippen molar-refractivity contribution in [1.82, 2.24) is 4.67 Å². The monoisotopic (exact) mass is 453 g/mol.